The van der Waals surface area contributed by atoms with E-state index in [9.17, 15) is 0 Å². The Morgan fingerprint density at radius 3 is 2.39 bits per heavy atom. The summed E-state index contributed by atoms with van der Waals surface area (Å²) < 4.78 is 0. The van der Waals surface area contributed by atoms with Crippen LogP contribution in [-0.4, -0.2) is 60.6 Å². The Balaban J connectivity index is 1.65. The molecular weight excluding hydrogens is 222 g/mol. The monoisotopic (exact) mass is 251 g/mol. The highest BCUT2D eigenvalue weighted by atomic mass is 15.3. The van der Waals surface area contributed by atoms with E-state index in [0.29, 0.717) is 11.6 Å². The third-order valence-corrected chi connectivity index (χ3v) is 5.51. The predicted molar refractivity (Wildman–Crippen MR) is 75.8 cm³/mol. The van der Waals surface area contributed by atoms with Gasteiger partial charge in [-0.1, -0.05) is 0 Å². The molecule has 2 aliphatic heterocycles. The van der Waals surface area contributed by atoms with E-state index < -0.39 is 0 Å². The largest absolute Gasteiger partial charge is 0.308 e. The molecule has 2 saturated heterocycles. The molecule has 0 aromatic heterocycles. The van der Waals surface area contributed by atoms with Gasteiger partial charge in [0.2, 0.25) is 0 Å². The molecule has 3 rings (SSSR count). The molecule has 0 spiro atoms. The lowest BCUT2D eigenvalue weighted by molar-refractivity contribution is 0.0219. The number of piperazine rings is 1. The van der Waals surface area contributed by atoms with Crippen LogP contribution in [0.2, 0.25) is 0 Å². The zero-order chi connectivity index (χ0) is 12.8. The Morgan fingerprint density at radius 1 is 1.11 bits per heavy atom. The van der Waals surface area contributed by atoms with Gasteiger partial charge in [-0.15, -0.1) is 0 Å². The molecule has 1 saturated carbocycles. The molecule has 1 N–H and O–H groups in total. The molecule has 1 aliphatic carbocycles. The van der Waals surface area contributed by atoms with Crippen molar-refractivity contribution in [3.05, 3.63) is 0 Å². The minimum Gasteiger partial charge on any atom is -0.308 e. The fraction of sp³-hybridized carbons (Fsp3) is 1.00. The Bertz CT molecular complexity index is 294. The maximum Gasteiger partial charge on any atom is 0.0309 e. The van der Waals surface area contributed by atoms with Gasteiger partial charge < -0.3 is 10.2 Å². The SMILES string of the molecule is CC1CNC(C)(C2CC2)CN1C1CCN(C)CC1. The minimum atomic E-state index is 0.399. The van der Waals surface area contributed by atoms with Crippen LogP contribution < -0.4 is 5.32 Å². The average Bonchev–Trinajstić information content (AvgIpc) is 3.18. The van der Waals surface area contributed by atoms with E-state index in [2.05, 4.69) is 36.0 Å². The summed E-state index contributed by atoms with van der Waals surface area (Å²) >= 11 is 0. The number of rotatable bonds is 2. The average molecular weight is 251 g/mol. The molecular formula is C15H29N3. The van der Waals surface area contributed by atoms with Crippen molar-refractivity contribution >= 4 is 0 Å². The lowest BCUT2D eigenvalue weighted by atomic mass is 9.88. The Labute approximate surface area is 112 Å². The van der Waals surface area contributed by atoms with Gasteiger partial charge in [0.05, 0.1) is 0 Å². The van der Waals surface area contributed by atoms with Crippen LogP contribution in [0.1, 0.15) is 39.5 Å². The van der Waals surface area contributed by atoms with Gasteiger partial charge in [-0.3, -0.25) is 4.90 Å². The van der Waals surface area contributed by atoms with Gasteiger partial charge in [-0.2, -0.15) is 0 Å². The molecule has 3 nitrogen and oxygen atoms in total. The number of nitrogens with one attached hydrogen (secondary N) is 1. The van der Waals surface area contributed by atoms with E-state index >= 15 is 0 Å². The second-order valence-corrected chi connectivity index (χ2v) is 7.13. The van der Waals surface area contributed by atoms with Crippen molar-refractivity contribution in [3.63, 3.8) is 0 Å². The highest BCUT2D eigenvalue weighted by Gasteiger charge is 2.46. The van der Waals surface area contributed by atoms with E-state index in [4.69, 9.17) is 0 Å². The molecule has 2 atom stereocenters. The van der Waals surface area contributed by atoms with Gasteiger partial charge in [0.15, 0.2) is 0 Å². The van der Waals surface area contributed by atoms with Crippen molar-refractivity contribution in [2.24, 2.45) is 5.92 Å². The molecule has 0 aromatic rings. The van der Waals surface area contributed by atoms with Gasteiger partial charge >= 0.3 is 0 Å². The Hall–Kier alpha value is -0.120. The summed E-state index contributed by atoms with van der Waals surface area (Å²) in [4.78, 5) is 5.30. The third-order valence-electron chi connectivity index (χ3n) is 5.51. The molecule has 18 heavy (non-hydrogen) atoms. The molecule has 3 fully saturated rings. The molecule has 2 unspecified atom stereocenters. The minimum absolute atomic E-state index is 0.399. The van der Waals surface area contributed by atoms with E-state index in [1.807, 2.05) is 0 Å². The first-order valence-electron chi connectivity index (χ1n) is 7.78. The van der Waals surface area contributed by atoms with Crippen molar-refractivity contribution < 1.29 is 0 Å². The second kappa shape index (κ2) is 4.77. The number of likely N-dealkylation sites (tertiary alicyclic amines) is 1. The zero-order valence-electron chi connectivity index (χ0n) is 12.3. The lowest BCUT2D eigenvalue weighted by Gasteiger charge is -2.50. The fourth-order valence-electron chi connectivity index (χ4n) is 3.90. The maximum absolute atomic E-state index is 3.83. The molecule has 0 aromatic carbocycles. The number of nitrogens with zero attached hydrogens (tertiary/aromatic N) is 2. The molecule has 2 heterocycles. The first kappa shape index (κ1) is 12.9. The van der Waals surface area contributed by atoms with Gasteiger partial charge in [-0.05, 0) is 65.6 Å². The van der Waals surface area contributed by atoms with Crippen molar-refractivity contribution in [2.45, 2.75) is 57.2 Å². The molecule has 104 valence electrons. The second-order valence-electron chi connectivity index (χ2n) is 7.13. The van der Waals surface area contributed by atoms with E-state index in [-0.39, 0.29) is 0 Å². The highest BCUT2D eigenvalue weighted by Crippen LogP contribution is 2.42. The predicted octanol–water partition coefficient (Wildman–Crippen LogP) is 1.54. The first-order chi connectivity index (χ1) is 8.58. The summed E-state index contributed by atoms with van der Waals surface area (Å²) in [6.07, 6.45) is 5.61. The Morgan fingerprint density at radius 2 is 1.78 bits per heavy atom. The topological polar surface area (TPSA) is 18.5 Å². The van der Waals surface area contributed by atoms with Gasteiger partial charge in [0.1, 0.15) is 0 Å². The Kier molecular flexibility index (Phi) is 3.41. The fourth-order valence-corrected chi connectivity index (χ4v) is 3.90. The van der Waals surface area contributed by atoms with Crippen LogP contribution in [-0.2, 0) is 0 Å². The first-order valence-corrected chi connectivity index (χ1v) is 7.78. The molecule has 3 heteroatoms. The van der Waals surface area contributed by atoms with Crippen molar-refractivity contribution in [2.75, 3.05) is 33.2 Å². The van der Waals surface area contributed by atoms with Crippen LogP contribution in [0.5, 0.6) is 0 Å². The summed E-state index contributed by atoms with van der Waals surface area (Å²) in [6, 6.07) is 1.54. The summed E-state index contributed by atoms with van der Waals surface area (Å²) in [5.74, 6) is 0.943. The van der Waals surface area contributed by atoms with Crippen molar-refractivity contribution in [3.8, 4) is 0 Å². The zero-order valence-corrected chi connectivity index (χ0v) is 12.3. The molecule has 0 amide bonds. The van der Waals surface area contributed by atoms with Crippen LogP contribution in [0, 0.1) is 5.92 Å². The van der Waals surface area contributed by atoms with E-state index in [0.717, 1.165) is 12.0 Å². The summed E-state index contributed by atoms with van der Waals surface area (Å²) in [5, 5.41) is 3.83. The summed E-state index contributed by atoms with van der Waals surface area (Å²) in [5.41, 5.74) is 0.399. The number of hydrogen-bond acceptors (Lipinski definition) is 3. The van der Waals surface area contributed by atoms with Crippen molar-refractivity contribution in [1.82, 2.24) is 15.1 Å². The van der Waals surface area contributed by atoms with Gasteiger partial charge in [0, 0.05) is 30.7 Å². The smallest absolute Gasteiger partial charge is 0.0309 e. The van der Waals surface area contributed by atoms with Crippen LogP contribution in [0.15, 0.2) is 0 Å². The van der Waals surface area contributed by atoms with Gasteiger partial charge in [-0.25, -0.2) is 0 Å². The van der Waals surface area contributed by atoms with E-state index in [1.54, 1.807) is 0 Å². The maximum atomic E-state index is 3.83. The third kappa shape index (κ3) is 2.45. The molecule has 0 radical (unpaired) electrons. The highest BCUT2D eigenvalue weighted by molar-refractivity contribution is 5.04. The van der Waals surface area contributed by atoms with Gasteiger partial charge in [0.25, 0.3) is 0 Å². The van der Waals surface area contributed by atoms with E-state index in [1.165, 1.54) is 51.9 Å². The molecule has 3 aliphatic rings. The number of hydrogen-bond donors (Lipinski definition) is 1. The van der Waals surface area contributed by atoms with Crippen LogP contribution >= 0.6 is 0 Å². The van der Waals surface area contributed by atoms with Crippen molar-refractivity contribution in [1.29, 1.82) is 0 Å². The summed E-state index contributed by atoms with van der Waals surface area (Å²) in [7, 11) is 2.26. The molecule has 0 bridgehead atoms. The van der Waals surface area contributed by atoms with Crippen LogP contribution in [0.3, 0.4) is 0 Å². The lowest BCUT2D eigenvalue weighted by Crippen LogP contribution is -2.66. The standard InChI is InChI=1S/C15H29N3/c1-12-10-16-15(2,13-4-5-13)11-18(12)14-6-8-17(3)9-7-14/h12-14,16H,4-11H2,1-3H3. The quantitative estimate of drug-likeness (QED) is 0.803. The number of piperidine rings is 1. The normalized spacial score (nSPS) is 41.2. The summed E-state index contributed by atoms with van der Waals surface area (Å²) in [6.45, 7) is 9.87. The van der Waals surface area contributed by atoms with Crippen LogP contribution in [0.25, 0.3) is 0 Å². The van der Waals surface area contributed by atoms with Crippen LogP contribution in [0.4, 0.5) is 0 Å².